The van der Waals surface area contributed by atoms with Gasteiger partial charge in [0.2, 0.25) is 0 Å². The summed E-state index contributed by atoms with van der Waals surface area (Å²) >= 11 is 1.86. The summed E-state index contributed by atoms with van der Waals surface area (Å²) in [7, 11) is 0. The molecule has 0 saturated heterocycles. The fraction of sp³-hybridized carbons (Fsp3) is 0.692. The first-order valence-corrected chi connectivity index (χ1v) is 6.96. The Morgan fingerprint density at radius 3 is 2.40 bits per heavy atom. The molecule has 0 radical (unpaired) electrons. The fourth-order valence-corrected chi connectivity index (χ4v) is 2.71. The maximum atomic E-state index is 3.68. The van der Waals surface area contributed by atoms with Crippen LogP contribution in [0.15, 0.2) is 17.5 Å². The van der Waals surface area contributed by atoms with Gasteiger partial charge >= 0.3 is 0 Å². The van der Waals surface area contributed by atoms with E-state index in [9.17, 15) is 0 Å². The highest BCUT2D eigenvalue weighted by Crippen LogP contribution is 2.22. The van der Waals surface area contributed by atoms with Crippen molar-refractivity contribution in [3.8, 4) is 0 Å². The molecule has 86 valence electrons. The van der Waals surface area contributed by atoms with Crippen molar-refractivity contribution in [3.63, 3.8) is 0 Å². The molecule has 0 spiro atoms. The van der Waals surface area contributed by atoms with Crippen LogP contribution >= 0.6 is 11.3 Å². The molecule has 1 atom stereocenters. The van der Waals surface area contributed by atoms with Crippen molar-refractivity contribution in [1.29, 1.82) is 0 Å². The zero-order valence-corrected chi connectivity index (χ0v) is 10.9. The fourth-order valence-electron chi connectivity index (χ4n) is 1.82. The molecule has 0 saturated carbocycles. The molecule has 0 aliphatic rings. The highest BCUT2D eigenvalue weighted by atomic mass is 32.1. The van der Waals surface area contributed by atoms with Gasteiger partial charge in [-0.15, -0.1) is 11.3 Å². The maximum absolute atomic E-state index is 3.68. The third kappa shape index (κ3) is 3.96. The van der Waals surface area contributed by atoms with Gasteiger partial charge in [0.05, 0.1) is 0 Å². The normalized spacial score (nSPS) is 13.3. The first kappa shape index (κ1) is 12.7. The Kier molecular flexibility index (Phi) is 5.96. The van der Waals surface area contributed by atoms with Gasteiger partial charge in [0.15, 0.2) is 0 Å². The maximum Gasteiger partial charge on any atom is 0.0412 e. The minimum atomic E-state index is 0.561. The lowest BCUT2D eigenvalue weighted by molar-refractivity contribution is 0.409. The summed E-state index contributed by atoms with van der Waals surface area (Å²) in [6.07, 6.45) is 3.75. The number of nitrogens with one attached hydrogen (secondary N) is 1. The molecule has 1 aromatic rings. The molecule has 0 bridgehead atoms. The average molecular weight is 225 g/mol. The van der Waals surface area contributed by atoms with Crippen molar-refractivity contribution in [1.82, 2.24) is 5.32 Å². The molecule has 15 heavy (non-hydrogen) atoms. The molecule has 0 aliphatic carbocycles. The van der Waals surface area contributed by atoms with Crippen LogP contribution in [0.5, 0.6) is 0 Å². The monoisotopic (exact) mass is 225 g/mol. The summed E-state index contributed by atoms with van der Waals surface area (Å²) in [6.45, 7) is 7.97. The lowest BCUT2D eigenvalue weighted by Gasteiger charge is -2.19. The molecule has 1 N–H and O–H groups in total. The second-order valence-corrected chi connectivity index (χ2v) is 5.05. The summed E-state index contributed by atoms with van der Waals surface area (Å²) < 4.78 is 0. The summed E-state index contributed by atoms with van der Waals surface area (Å²) in [5, 5.41) is 5.85. The van der Waals surface area contributed by atoms with Crippen molar-refractivity contribution in [2.24, 2.45) is 5.92 Å². The van der Waals surface area contributed by atoms with E-state index in [1.807, 2.05) is 11.3 Å². The predicted octanol–water partition coefficient (Wildman–Crippen LogP) is 4.23. The molecule has 0 amide bonds. The van der Waals surface area contributed by atoms with Crippen LogP contribution in [0.4, 0.5) is 0 Å². The molecule has 2 heteroatoms. The van der Waals surface area contributed by atoms with E-state index in [2.05, 4.69) is 43.6 Å². The van der Waals surface area contributed by atoms with E-state index in [0.29, 0.717) is 6.04 Å². The standard InChI is InChI=1S/C13H23NS/c1-4-11(5-2)10-14-12(6-3)13-8-7-9-15-13/h7-9,11-12,14H,4-6,10H2,1-3H3. The zero-order chi connectivity index (χ0) is 11.1. The Bertz CT molecular complexity index is 239. The molecule has 0 fully saturated rings. The van der Waals surface area contributed by atoms with Gasteiger partial charge in [0.1, 0.15) is 0 Å². The summed E-state index contributed by atoms with van der Waals surface area (Å²) in [5.41, 5.74) is 0. The zero-order valence-electron chi connectivity index (χ0n) is 10.1. The second-order valence-electron chi connectivity index (χ2n) is 4.07. The topological polar surface area (TPSA) is 12.0 Å². The summed E-state index contributed by atoms with van der Waals surface area (Å²) in [4.78, 5) is 1.48. The van der Waals surface area contributed by atoms with E-state index in [1.165, 1.54) is 24.1 Å². The highest BCUT2D eigenvalue weighted by molar-refractivity contribution is 7.10. The molecular weight excluding hydrogens is 202 g/mol. The Hall–Kier alpha value is -0.340. The van der Waals surface area contributed by atoms with Crippen LogP contribution in [0.25, 0.3) is 0 Å². The first-order chi connectivity index (χ1) is 7.31. The van der Waals surface area contributed by atoms with Gasteiger partial charge in [-0.3, -0.25) is 0 Å². The van der Waals surface area contributed by atoms with Crippen molar-refractivity contribution in [3.05, 3.63) is 22.4 Å². The van der Waals surface area contributed by atoms with Crippen molar-refractivity contribution < 1.29 is 0 Å². The summed E-state index contributed by atoms with van der Waals surface area (Å²) in [6, 6.07) is 4.94. The van der Waals surface area contributed by atoms with Crippen molar-refractivity contribution >= 4 is 11.3 Å². The average Bonchev–Trinajstić information content (AvgIpc) is 2.78. The van der Waals surface area contributed by atoms with E-state index < -0.39 is 0 Å². The first-order valence-electron chi connectivity index (χ1n) is 6.08. The number of rotatable bonds is 7. The van der Waals surface area contributed by atoms with Gasteiger partial charge in [-0.1, -0.05) is 39.7 Å². The van der Waals surface area contributed by atoms with E-state index in [0.717, 1.165) is 12.5 Å². The summed E-state index contributed by atoms with van der Waals surface area (Å²) in [5.74, 6) is 0.832. The van der Waals surface area contributed by atoms with Gasteiger partial charge in [0, 0.05) is 10.9 Å². The highest BCUT2D eigenvalue weighted by Gasteiger charge is 2.11. The SMILES string of the molecule is CCC(CC)CNC(CC)c1cccs1. The third-order valence-electron chi connectivity index (χ3n) is 3.10. The lowest BCUT2D eigenvalue weighted by Crippen LogP contribution is -2.26. The predicted molar refractivity (Wildman–Crippen MR) is 69.4 cm³/mol. The van der Waals surface area contributed by atoms with Crippen LogP contribution in [0, 0.1) is 5.92 Å². The minimum Gasteiger partial charge on any atom is -0.309 e. The quantitative estimate of drug-likeness (QED) is 0.732. The van der Waals surface area contributed by atoms with Crippen molar-refractivity contribution in [2.75, 3.05) is 6.54 Å². The second kappa shape index (κ2) is 7.02. The smallest absolute Gasteiger partial charge is 0.0412 e. The molecule has 1 aromatic heterocycles. The van der Waals surface area contributed by atoms with Crippen molar-refractivity contribution in [2.45, 2.75) is 46.1 Å². The van der Waals surface area contributed by atoms with Gasteiger partial charge < -0.3 is 5.32 Å². The Morgan fingerprint density at radius 2 is 1.93 bits per heavy atom. The number of hydrogen-bond donors (Lipinski definition) is 1. The van der Waals surface area contributed by atoms with Crippen LogP contribution in [-0.2, 0) is 0 Å². The molecule has 0 aliphatic heterocycles. The van der Waals surface area contributed by atoms with E-state index >= 15 is 0 Å². The largest absolute Gasteiger partial charge is 0.309 e. The molecule has 1 heterocycles. The number of hydrogen-bond acceptors (Lipinski definition) is 2. The Labute approximate surface area is 97.9 Å². The van der Waals surface area contributed by atoms with Gasteiger partial charge in [-0.2, -0.15) is 0 Å². The van der Waals surface area contributed by atoms with Gasteiger partial charge in [0.25, 0.3) is 0 Å². The Morgan fingerprint density at radius 1 is 1.20 bits per heavy atom. The van der Waals surface area contributed by atoms with Crippen LogP contribution in [0.3, 0.4) is 0 Å². The lowest BCUT2D eigenvalue weighted by atomic mass is 10.0. The van der Waals surface area contributed by atoms with Crippen LogP contribution in [-0.4, -0.2) is 6.54 Å². The molecule has 1 nitrogen and oxygen atoms in total. The van der Waals surface area contributed by atoms with E-state index in [1.54, 1.807) is 0 Å². The molecule has 1 unspecified atom stereocenters. The van der Waals surface area contributed by atoms with Crippen LogP contribution in [0.1, 0.15) is 51.0 Å². The third-order valence-corrected chi connectivity index (χ3v) is 4.09. The van der Waals surface area contributed by atoms with Gasteiger partial charge in [-0.25, -0.2) is 0 Å². The van der Waals surface area contributed by atoms with E-state index in [4.69, 9.17) is 0 Å². The van der Waals surface area contributed by atoms with Crippen LogP contribution < -0.4 is 5.32 Å². The number of thiophene rings is 1. The molecule has 0 aromatic carbocycles. The van der Waals surface area contributed by atoms with E-state index in [-0.39, 0.29) is 0 Å². The molecule has 1 rings (SSSR count). The molecular formula is C13H23NS. The minimum absolute atomic E-state index is 0.561. The van der Waals surface area contributed by atoms with Crippen LogP contribution in [0.2, 0.25) is 0 Å². The Balaban J connectivity index is 2.41. The van der Waals surface area contributed by atoms with Gasteiger partial charge in [-0.05, 0) is 30.3 Å².